The minimum atomic E-state index is -0.713. The fraction of sp³-hybridized carbons (Fsp3) is 0.612. The fourth-order valence-electron chi connectivity index (χ4n) is 5.62. The third-order valence-electron chi connectivity index (χ3n) is 9.03. The second kappa shape index (κ2) is 40.9. The Morgan fingerprint density at radius 3 is 0.829 bits per heavy atom. The van der Waals surface area contributed by atoms with E-state index in [1.807, 2.05) is 0 Å². The molecule has 2 aromatic carbocycles. The standard InChI is InChI=1S/C49H73NO20/c1-53-5-9-57-13-17-61-21-25-65-44-29-40(30-45(34-44)66-26-22-62-18-14-58-10-6-54-2)38-69-48(51)42-33-43(37-50-36-42)49(52)70-39-41-31-46(67-27-23-63-19-15-59-11-7-55-3)35-47(32-41)68-28-24-64-20-16-60-12-8-56-4/h29-37H,5-28,38-39H2,1-4H3. The first-order valence-electron chi connectivity index (χ1n) is 23.1. The van der Waals surface area contributed by atoms with Gasteiger partial charge in [-0.2, -0.15) is 0 Å². The van der Waals surface area contributed by atoms with Gasteiger partial charge in [-0.3, -0.25) is 4.98 Å². The first kappa shape index (κ1) is 59.6. The Morgan fingerprint density at radius 1 is 0.329 bits per heavy atom. The molecule has 21 nitrogen and oxygen atoms in total. The molecule has 0 aliphatic rings. The summed E-state index contributed by atoms with van der Waals surface area (Å²) < 4.78 is 99.1. The van der Waals surface area contributed by atoms with Crippen LogP contribution in [0.1, 0.15) is 31.8 Å². The number of hydrogen-bond acceptors (Lipinski definition) is 21. The van der Waals surface area contributed by atoms with Crippen molar-refractivity contribution in [3.05, 3.63) is 77.1 Å². The Morgan fingerprint density at radius 2 is 0.571 bits per heavy atom. The van der Waals surface area contributed by atoms with Crippen LogP contribution in [0.2, 0.25) is 0 Å². The van der Waals surface area contributed by atoms with Crippen molar-refractivity contribution in [3.8, 4) is 23.0 Å². The highest BCUT2D eigenvalue weighted by atomic mass is 16.6. The van der Waals surface area contributed by atoms with E-state index in [1.54, 1.807) is 64.8 Å². The molecule has 0 unspecified atom stereocenters. The number of esters is 2. The summed E-state index contributed by atoms with van der Waals surface area (Å²) in [5.74, 6) is 0.490. The summed E-state index contributed by atoms with van der Waals surface area (Å²) in [7, 11) is 6.45. The third-order valence-corrected chi connectivity index (χ3v) is 9.03. The number of carbonyl (C=O) groups excluding carboxylic acids is 2. The van der Waals surface area contributed by atoms with E-state index in [0.29, 0.717) is 166 Å². The molecule has 394 valence electrons. The van der Waals surface area contributed by atoms with Gasteiger partial charge in [-0.05, 0) is 41.5 Å². The van der Waals surface area contributed by atoms with Gasteiger partial charge in [0.1, 0.15) is 62.6 Å². The molecule has 21 heteroatoms. The van der Waals surface area contributed by atoms with Gasteiger partial charge in [0, 0.05) is 53.0 Å². The molecule has 0 amide bonds. The summed E-state index contributed by atoms with van der Waals surface area (Å²) in [5.41, 5.74) is 1.27. The zero-order valence-corrected chi connectivity index (χ0v) is 41.2. The smallest absolute Gasteiger partial charge is 0.340 e. The number of aromatic nitrogens is 1. The lowest BCUT2D eigenvalue weighted by Gasteiger charge is -2.14. The van der Waals surface area contributed by atoms with Crippen molar-refractivity contribution >= 4 is 11.9 Å². The Kier molecular flexibility index (Phi) is 34.8. The molecule has 0 aliphatic heterocycles. The van der Waals surface area contributed by atoms with E-state index in [4.69, 9.17) is 85.3 Å². The summed E-state index contributed by atoms with van der Waals surface area (Å²) in [5, 5.41) is 0. The highest BCUT2D eigenvalue weighted by Crippen LogP contribution is 2.26. The number of hydrogen-bond donors (Lipinski definition) is 0. The molecule has 0 radical (unpaired) electrons. The average molecular weight is 996 g/mol. The van der Waals surface area contributed by atoms with Gasteiger partial charge in [-0.25, -0.2) is 9.59 Å². The van der Waals surface area contributed by atoms with E-state index in [0.717, 1.165) is 0 Å². The van der Waals surface area contributed by atoms with E-state index in [2.05, 4.69) is 4.98 Å². The van der Waals surface area contributed by atoms with E-state index in [9.17, 15) is 9.59 Å². The van der Waals surface area contributed by atoms with Crippen LogP contribution in [0.25, 0.3) is 0 Å². The third kappa shape index (κ3) is 29.4. The minimum Gasteiger partial charge on any atom is -0.491 e. The van der Waals surface area contributed by atoms with Crippen LogP contribution in [0, 0.1) is 0 Å². The number of nitrogens with zero attached hydrogens (tertiary/aromatic N) is 1. The van der Waals surface area contributed by atoms with Crippen LogP contribution in [0.15, 0.2) is 54.9 Å². The van der Waals surface area contributed by atoms with Crippen LogP contribution in [0.5, 0.6) is 23.0 Å². The molecule has 0 spiro atoms. The average Bonchev–Trinajstić information content (AvgIpc) is 3.37. The molecule has 70 heavy (non-hydrogen) atoms. The second-order valence-corrected chi connectivity index (χ2v) is 14.5. The first-order chi connectivity index (χ1) is 34.4. The van der Waals surface area contributed by atoms with Crippen molar-refractivity contribution in [3.63, 3.8) is 0 Å². The SMILES string of the molecule is COCCOCCOCCOc1cc(COC(=O)c2cncc(C(=O)OCc3cc(OCCOCCOCCOC)cc(OCCOCCOCCOC)c3)c2)cc(OCCOCCOCCOC)c1. The summed E-state index contributed by atoms with van der Waals surface area (Å²) in [6, 6.07) is 11.7. The fourth-order valence-corrected chi connectivity index (χ4v) is 5.62. The number of carbonyl (C=O) groups is 2. The molecule has 0 atom stereocenters. The maximum Gasteiger partial charge on any atom is 0.340 e. The monoisotopic (exact) mass is 995 g/mol. The van der Waals surface area contributed by atoms with E-state index in [-0.39, 0.29) is 50.8 Å². The molecule has 1 aromatic heterocycles. The predicted octanol–water partition coefficient (Wildman–Crippen LogP) is 4.03. The molecule has 0 bridgehead atoms. The molecular weight excluding hydrogens is 923 g/mol. The Hall–Kier alpha value is -4.75. The lowest BCUT2D eigenvalue weighted by atomic mass is 10.2. The Bertz CT molecular complexity index is 1580. The van der Waals surface area contributed by atoms with Crippen molar-refractivity contribution in [2.24, 2.45) is 0 Å². The van der Waals surface area contributed by atoms with Crippen LogP contribution in [0.4, 0.5) is 0 Å². The van der Waals surface area contributed by atoms with Crippen LogP contribution >= 0.6 is 0 Å². The predicted molar refractivity (Wildman–Crippen MR) is 251 cm³/mol. The van der Waals surface area contributed by atoms with E-state index < -0.39 is 11.9 Å². The van der Waals surface area contributed by atoms with Gasteiger partial charge in [0.25, 0.3) is 0 Å². The van der Waals surface area contributed by atoms with Crippen LogP contribution in [-0.2, 0) is 79.5 Å². The molecule has 0 saturated carbocycles. The normalized spacial score (nSPS) is 11.1. The molecule has 3 aromatic rings. The zero-order valence-electron chi connectivity index (χ0n) is 41.2. The summed E-state index contributed by atoms with van der Waals surface area (Å²) >= 11 is 0. The van der Waals surface area contributed by atoms with Gasteiger partial charge < -0.3 is 85.3 Å². The van der Waals surface area contributed by atoms with Crippen LogP contribution < -0.4 is 18.9 Å². The Balaban J connectivity index is 1.57. The number of pyridine rings is 1. The van der Waals surface area contributed by atoms with Crippen molar-refractivity contribution in [2.75, 3.05) is 187 Å². The molecule has 0 N–H and O–H groups in total. The molecule has 1 heterocycles. The molecule has 0 fully saturated rings. The summed E-state index contributed by atoms with van der Waals surface area (Å²) in [6.07, 6.45) is 2.61. The summed E-state index contributed by atoms with van der Waals surface area (Å²) in [6.45, 7) is 9.32. The zero-order chi connectivity index (χ0) is 50.0. The maximum atomic E-state index is 13.3. The molecule has 3 rings (SSSR count). The lowest BCUT2D eigenvalue weighted by Crippen LogP contribution is -2.13. The van der Waals surface area contributed by atoms with Crippen molar-refractivity contribution in [2.45, 2.75) is 13.2 Å². The van der Waals surface area contributed by atoms with Crippen molar-refractivity contribution in [1.82, 2.24) is 4.98 Å². The summed E-state index contributed by atoms with van der Waals surface area (Å²) in [4.78, 5) is 30.7. The largest absolute Gasteiger partial charge is 0.491 e. The lowest BCUT2D eigenvalue weighted by molar-refractivity contribution is 0.0174. The molecule has 0 aliphatic carbocycles. The van der Waals surface area contributed by atoms with Crippen molar-refractivity contribution in [1.29, 1.82) is 0 Å². The van der Waals surface area contributed by atoms with Crippen LogP contribution in [0.3, 0.4) is 0 Å². The van der Waals surface area contributed by atoms with Gasteiger partial charge >= 0.3 is 11.9 Å². The molecule has 0 saturated heterocycles. The Labute approximate surface area is 411 Å². The number of methoxy groups -OCH3 is 4. The number of ether oxygens (including phenoxy) is 18. The van der Waals surface area contributed by atoms with Gasteiger partial charge in [0.15, 0.2) is 0 Å². The highest BCUT2D eigenvalue weighted by molar-refractivity contribution is 5.94. The number of benzene rings is 2. The van der Waals surface area contributed by atoms with Crippen LogP contribution in [-0.4, -0.2) is 204 Å². The van der Waals surface area contributed by atoms with Gasteiger partial charge in [0.2, 0.25) is 0 Å². The van der Waals surface area contributed by atoms with Gasteiger partial charge in [-0.15, -0.1) is 0 Å². The quantitative estimate of drug-likeness (QED) is 0.0577. The first-order valence-corrected chi connectivity index (χ1v) is 23.1. The minimum absolute atomic E-state index is 0.0450. The van der Waals surface area contributed by atoms with Gasteiger partial charge in [-0.1, -0.05) is 0 Å². The maximum absolute atomic E-state index is 13.3. The molecular formula is C49H73NO20. The second-order valence-electron chi connectivity index (χ2n) is 14.5. The van der Waals surface area contributed by atoms with E-state index >= 15 is 0 Å². The van der Waals surface area contributed by atoms with Gasteiger partial charge in [0.05, 0.1) is 143 Å². The van der Waals surface area contributed by atoms with Crippen molar-refractivity contribution < 1.29 is 94.9 Å². The number of rotatable bonds is 46. The van der Waals surface area contributed by atoms with E-state index in [1.165, 1.54) is 18.5 Å². The topological polar surface area (TPSA) is 213 Å². The highest BCUT2D eigenvalue weighted by Gasteiger charge is 2.16.